The van der Waals surface area contributed by atoms with Crippen LogP contribution in [0.3, 0.4) is 0 Å². The van der Waals surface area contributed by atoms with Crippen LogP contribution >= 0.6 is 11.3 Å². The molecule has 0 atom stereocenters. The SMILES string of the molecule is CCNC(=NCC(=O)N1CCc2sccc2C1)N1CCN(c2ccccc2O)CC1. The van der Waals surface area contributed by atoms with Crippen molar-refractivity contribution in [3.8, 4) is 5.75 Å². The number of carbonyl (C=O) groups excluding carboxylic acids is 1. The van der Waals surface area contributed by atoms with Crippen LogP contribution in [0.2, 0.25) is 0 Å². The largest absolute Gasteiger partial charge is 0.506 e. The van der Waals surface area contributed by atoms with E-state index in [4.69, 9.17) is 0 Å². The fourth-order valence-electron chi connectivity index (χ4n) is 4.02. The van der Waals surface area contributed by atoms with Gasteiger partial charge in [-0.25, -0.2) is 4.99 Å². The predicted octanol–water partition coefficient (Wildman–Crippen LogP) is 2.13. The zero-order valence-electron chi connectivity index (χ0n) is 17.4. The first-order valence-electron chi connectivity index (χ1n) is 10.5. The van der Waals surface area contributed by atoms with Gasteiger partial charge in [-0.1, -0.05) is 12.1 Å². The highest BCUT2D eigenvalue weighted by atomic mass is 32.1. The molecule has 2 aromatic rings. The van der Waals surface area contributed by atoms with Gasteiger partial charge in [0.05, 0.1) is 5.69 Å². The minimum atomic E-state index is 0.0788. The van der Waals surface area contributed by atoms with E-state index in [-0.39, 0.29) is 12.5 Å². The van der Waals surface area contributed by atoms with Crippen molar-refractivity contribution in [1.29, 1.82) is 0 Å². The number of fused-ring (bicyclic) bond motifs is 1. The highest BCUT2D eigenvalue weighted by Crippen LogP contribution is 2.27. The number of guanidine groups is 1. The minimum Gasteiger partial charge on any atom is -0.506 e. The molecule has 1 aromatic carbocycles. The van der Waals surface area contributed by atoms with Gasteiger partial charge in [0, 0.05) is 50.7 Å². The summed E-state index contributed by atoms with van der Waals surface area (Å²) in [4.78, 5) is 25.1. The molecular weight excluding hydrogens is 398 g/mol. The molecule has 160 valence electrons. The molecule has 2 N–H and O–H groups in total. The number of aromatic hydroxyl groups is 1. The number of para-hydroxylation sites is 2. The molecule has 1 amide bonds. The van der Waals surface area contributed by atoms with Crippen molar-refractivity contribution in [1.82, 2.24) is 15.1 Å². The summed E-state index contributed by atoms with van der Waals surface area (Å²) in [6.07, 6.45) is 0.941. The summed E-state index contributed by atoms with van der Waals surface area (Å²) >= 11 is 1.78. The number of aliphatic imine (C=N–C) groups is 1. The summed E-state index contributed by atoms with van der Waals surface area (Å²) in [5, 5.41) is 15.5. The van der Waals surface area contributed by atoms with Crippen LogP contribution < -0.4 is 10.2 Å². The third kappa shape index (κ3) is 4.53. The van der Waals surface area contributed by atoms with Gasteiger partial charge < -0.3 is 25.1 Å². The number of hydrogen-bond donors (Lipinski definition) is 2. The summed E-state index contributed by atoms with van der Waals surface area (Å²) < 4.78 is 0. The van der Waals surface area contributed by atoms with Crippen LogP contribution in [0, 0.1) is 0 Å². The van der Waals surface area contributed by atoms with Crippen LogP contribution in [0.5, 0.6) is 5.75 Å². The molecule has 0 unspecified atom stereocenters. The van der Waals surface area contributed by atoms with Crippen molar-refractivity contribution in [3.63, 3.8) is 0 Å². The standard InChI is InChI=1S/C22H29N5O2S/c1-2-23-22(24-15-21(29)27-9-7-20-17(16-27)8-14-30-20)26-12-10-25(11-13-26)18-5-3-4-6-19(18)28/h3-6,8,14,28H,2,7,9-13,15-16H2,1H3,(H,23,24). The first kappa shape index (κ1) is 20.5. The smallest absolute Gasteiger partial charge is 0.244 e. The predicted molar refractivity (Wildman–Crippen MR) is 121 cm³/mol. The number of nitrogens with one attached hydrogen (secondary N) is 1. The Hall–Kier alpha value is -2.74. The number of anilines is 1. The third-order valence-electron chi connectivity index (χ3n) is 5.66. The molecule has 0 radical (unpaired) electrons. The fraction of sp³-hybridized carbons (Fsp3) is 0.455. The van der Waals surface area contributed by atoms with E-state index >= 15 is 0 Å². The second-order valence-electron chi connectivity index (χ2n) is 7.57. The van der Waals surface area contributed by atoms with Gasteiger partial charge in [0.2, 0.25) is 5.91 Å². The first-order valence-corrected chi connectivity index (χ1v) is 11.4. The van der Waals surface area contributed by atoms with Crippen molar-refractivity contribution in [2.45, 2.75) is 19.9 Å². The van der Waals surface area contributed by atoms with E-state index in [9.17, 15) is 9.90 Å². The van der Waals surface area contributed by atoms with Crippen LogP contribution in [0.15, 0.2) is 40.7 Å². The lowest BCUT2D eigenvalue weighted by atomic mass is 10.1. The Morgan fingerprint density at radius 2 is 1.93 bits per heavy atom. The number of thiophene rings is 1. The fourth-order valence-corrected chi connectivity index (χ4v) is 4.91. The molecule has 1 fully saturated rings. The van der Waals surface area contributed by atoms with Crippen LogP contribution in [0.1, 0.15) is 17.4 Å². The maximum Gasteiger partial charge on any atom is 0.244 e. The molecule has 2 aliphatic heterocycles. The van der Waals surface area contributed by atoms with Crippen LogP contribution in [-0.2, 0) is 17.8 Å². The topological polar surface area (TPSA) is 71.4 Å². The van der Waals surface area contributed by atoms with Gasteiger partial charge in [-0.3, -0.25) is 4.79 Å². The van der Waals surface area contributed by atoms with E-state index in [1.165, 1.54) is 10.4 Å². The number of benzene rings is 1. The Morgan fingerprint density at radius 3 is 2.70 bits per heavy atom. The molecule has 0 spiro atoms. The maximum atomic E-state index is 12.7. The summed E-state index contributed by atoms with van der Waals surface area (Å²) in [5.74, 6) is 1.18. The number of amides is 1. The molecule has 1 saturated heterocycles. The molecule has 0 bridgehead atoms. The Labute approximate surface area is 181 Å². The molecular formula is C22H29N5O2S. The van der Waals surface area contributed by atoms with E-state index in [1.54, 1.807) is 17.4 Å². The lowest BCUT2D eigenvalue weighted by Gasteiger charge is -2.38. The van der Waals surface area contributed by atoms with Gasteiger partial charge in [-0.05, 0) is 42.5 Å². The van der Waals surface area contributed by atoms with Crippen LogP contribution in [0.4, 0.5) is 5.69 Å². The van der Waals surface area contributed by atoms with Crippen molar-refractivity contribution in [2.75, 3.05) is 50.7 Å². The van der Waals surface area contributed by atoms with Gasteiger partial charge in [-0.15, -0.1) is 11.3 Å². The Bertz CT molecular complexity index is 904. The molecule has 4 rings (SSSR count). The molecule has 30 heavy (non-hydrogen) atoms. The zero-order chi connectivity index (χ0) is 20.9. The van der Waals surface area contributed by atoms with Gasteiger partial charge in [0.1, 0.15) is 12.3 Å². The Kier molecular flexibility index (Phi) is 6.42. The van der Waals surface area contributed by atoms with Gasteiger partial charge >= 0.3 is 0 Å². The lowest BCUT2D eigenvalue weighted by molar-refractivity contribution is -0.130. The molecule has 0 aliphatic carbocycles. The highest BCUT2D eigenvalue weighted by Gasteiger charge is 2.23. The number of phenols is 1. The average Bonchev–Trinajstić information content (AvgIpc) is 3.25. The number of rotatable bonds is 4. The van der Waals surface area contributed by atoms with E-state index in [0.717, 1.165) is 57.3 Å². The molecule has 1 aromatic heterocycles. The average molecular weight is 428 g/mol. The lowest BCUT2D eigenvalue weighted by Crippen LogP contribution is -2.52. The molecule has 8 heteroatoms. The molecule has 2 aliphatic rings. The van der Waals surface area contributed by atoms with Crippen LogP contribution in [0.25, 0.3) is 0 Å². The summed E-state index contributed by atoms with van der Waals surface area (Å²) in [6.45, 7) is 7.60. The van der Waals surface area contributed by atoms with Gasteiger partial charge in [0.15, 0.2) is 5.96 Å². The summed E-state index contributed by atoms with van der Waals surface area (Å²) in [7, 11) is 0. The zero-order valence-corrected chi connectivity index (χ0v) is 18.2. The number of carbonyl (C=O) groups is 1. The number of phenolic OH excluding ortho intramolecular Hbond substituents is 1. The maximum absolute atomic E-state index is 12.7. The van der Waals surface area contributed by atoms with Crippen molar-refractivity contribution in [3.05, 3.63) is 46.2 Å². The Morgan fingerprint density at radius 1 is 1.13 bits per heavy atom. The monoisotopic (exact) mass is 427 g/mol. The number of nitrogens with zero attached hydrogens (tertiary/aromatic N) is 4. The van der Waals surface area contributed by atoms with Crippen molar-refractivity contribution in [2.24, 2.45) is 4.99 Å². The second-order valence-corrected chi connectivity index (χ2v) is 8.57. The molecule has 3 heterocycles. The summed E-state index contributed by atoms with van der Waals surface area (Å²) in [6, 6.07) is 9.57. The van der Waals surface area contributed by atoms with E-state index in [1.807, 2.05) is 30.0 Å². The second kappa shape index (κ2) is 9.38. The Balaban J connectivity index is 1.35. The van der Waals surface area contributed by atoms with Crippen molar-refractivity contribution < 1.29 is 9.90 Å². The van der Waals surface area contributed by atoms with E-state index < -0.39 is 0 Å². The first-order chi connectivity index (χ1) is 14.7. The van der Waals surface area contributed by atoms with Crippen LogP contribution in [-0.4, -0.2) is 72.6 Å². The van der Waals surface area contributed by atoms with E-state index in [0.29, 0.717) is 12.3 Å². The van der Waals surface area contributed by atoms with Gasteiger partial charge in [-0.2, -0.15) is 0 Å². The number of piperazine rings is 1. The van der Waals surface area contributed by atoms with E-state index in [2.05, 4.69) is 31.6 Å². The highest BCUT2D eigenvalue weighted by molar-refractivity contribution is 7.10. The minimum absolute atomic E-state index is 0.0788. The summed E-state index contributed by atoms with van der Waals surface area (Å²) in [5.41, 5.74) is 2.14. The number of hydrogen-bond acceptors (Lipinski definition) is 5. The molecule has 7 nitrogen and oxygen atoms in total. The quantitative estimate of drug-likeness (QED) is 0.578. The molecule has 0 saturated carbocycles. The normalized spacial score (nSPS) is 17.1. The third-order valence-corrected chi connectivity index (χ3v) is 6.68. The van der Waals surface area contributed by atoms with Crippen molar-refractivity contribution >= 4 is 28.9 Å². The van der Waals surface area contributed by atoms with Gasteiger partial charge in [0.25, 0.3) is 0 Å².